The number of anilines is 3. The van der Waals surface area contributed by atoms with E-state index >= 15 is 0 Å². The van der Waals surface area contributed by atoms with Crippen molar-refractivity contribution >= 4 is 44.2 Å². The molecule has 4 aromatic rings. The summed E-state index contributed by atoms with van der Waals surface area (Å²) in [5.74, 6) is 1.37. The third-order valence-corrected chi connectivity index (χ3v) is 7.79. The summed E-state index contributed by atoms with van der Waals surface area (Å²) >= 11 is 0. The quantitative estimate of drug-likeness (QED) is 0.269. The van der Waals surface area contributed by atoms with E-state index in [0.717, 1.165) is 19.4 Å². The van der Waals surface area contributed by atoms with Crippen LogP contribution in [0.1, 0.15) is 18.4 Å². The van der Waals surface area contributed by atoms with Crippen molar-refractivity contribution in [3.05, 3.63) is 72.3 Å². The molecule has 1 saturated heterocycles. The maximum atomic E-state index is 13.5. The summed E-state index contributed by atoms with van der Waals surface area (Å²) in [6, 6.07) is 18.6. The Kier molecular flexibility index (Phi) is 7.62. The van der Waals surface area contributed by atoms with E-state index in [9.17, 15) is 13.2 Å². The lowest BCUT2D eigenvalue weighted by atomic mass is 10.0. The first-order valence-electron chi connectivity index (χ1n) is 12.5. The molecular weight excluding hydrogens is 518 g/mol. The standard InChI is InChI=1S/C28H29N5O5S/c1-37-20-15-19(16-21(17-20)38-2)30-27-28(32-24-10-4-3-9-23(24)31-27)33-39(35,36)22-8-5-7-18(13-22)14-26(34)25-11-6-12-29-25/h3-5,7-10,13,15-17,25,29H,6,11-12,14H2,1-2H3,(H,30,31)(H,32,33)/t25-/m0/s1. The first-order chi connectivity index (χ1) is 18.8. The van der Waals surface area contributed by atoms with E-state index in [0.29, 0.717) is 33.8 Å². The number of sulfonamides is 1. The van der Waals surface area contributed by atoms with E-state index in [1.165, 1.54) is 12.1 Å². The molecule has 3 aromatic carbocycles. The van der Waals surface area contributed by atoms with E-state index in [4.69, 9.17) is 9.47 Å². The van der Waals surface area contributed by atoms with Crippen LogP contribution < -0.4 is 24.8 Å². The molecule has 5 rings (SSSR count). The van der Waals surface area contributed by atoms with Crippen LogP contribution in [-0.2, 0) is 21.2 Å². The lowest BCUT2D eigenvalue weighted by Crippen LogP contribution is -2.31. The normalized spacial score (nSPS) is 15.2. The smallest absolute Gasteiger partial charge is 0.263 e. The molecule has 202 valence electrons. The average molecular weight is 548 g/mol. The molecule has 1 aliphatic heterocycles. The van der Waals surface area contributed by atoms with Crippen molar-refractivity contribution in [3.8, 4) is 11.5 Å². The van der Waals surface area contributed by atoms with Crippen LogP contribution in [-0.4, -0.2) is 51.0 Å². The Bertz CT molecular complexity index is 1600. The van der Waals surface area contributed by atoms with Gasteiger partial charge in [0, 0.05) is 30.3 Å². The van der Waals surface area contributed by atoms with Crippen LogP contribution in [0.2, 0.25) is 0 Å². The summed E-state index contributed by atoms with van der Waals surface area (Å²) in [4.78, 5) is 21.8. The minimum absolute atomic E-state index is 0.0205. The molecule has 1 aliphatic rings. The van der Waals surface area contributed by atoms with Gasteiger partial charge in [-0.15, -0.1) is 0 Å². The first kappa shape index (κ1) is 26.4. The van der Waals surface area contributed by atoms with Crippen molar-refractivity contribution in [2.75, 3.05) is 30.8 Å². The molecule has 0 aliphatic carbocycles. The molecule has 0 bridgehead atoms. The van der Waals surface area contributed by atoms with Crippen molar-refractivity contribution in [1.29, 1.82) is 0 Å². The Morgan fingerprint density at radius 3 is 2.28 bits per heavy atom. The second kappa shape index (κ2) is 11.3. The molecule has 11 heteroatoms. The zero-order chi connectivity index (χ0) is 27.4. The number of hydrogen-bond donors (Lipinski definition) is 3. The van der Waals surface area contributed by atoms with Crippen molar-refractivity contribution in [1.82, 2.24) is 15.3 Å². The van der Waals surface area contributed by atoms with Gasteiger partial charge in [-0.3, -0.25) is 9.52 Å². The monoisotopic (exact) mass is 547 g/mol. The highest BCUT2D eigenvalue weighted by Gasteiger charge is 2.23. The van der Waals surface area contributed by atoms with Crippen LogP contribution in [0.4, 0.5) is 17.3 Å². The first-order valence-corrected chi connectivity index (χ1v) is 14.0. The predicted octanol–water partition coefficient (Wildman–Crippen LogP) is 4.06. The zero-order valence-corrected chi connectivity index (χ0v) is 22.4. The minimum atomic E-state index is -4.07. The summed E-state index contributed by atoms with van der Waals surface area (Å²) in [6.45, 7) is 0.820. The van der Waals surface area contributed by atoms with E-state index in [2.05, 4.69) is 25.3 Å². The second-order valence-corrected chi connectivity index (χ2v) is 10.9. The number of Topliss-reactive ketones (excluding diaryl/α,β-unsaturated/α-hetero) is 1. The fourth-order valence-electron chi connectivity index (χ4n) is 4.47. The number of nitrogens with zero attached hydrogens (tertiary/aromatic N) is 2. The Morgan fingerprint density at radius 2 is 1.64 bits per heavy atom. The number of carbonyl (C=O) groups is 1. The highest BCUT2D eigenvalue weighted by molar-refractivity contribution is 7.92. The maximum Gasteiger partial charge on any atom is 0.263 e. The Morgan fingerprint density at radius 1 is 0.949 bits per heavy atom. The number of rotatable bonds is 10. The maximum absolute atomic E-state index is 13.5. The number of carbonyl (C=O) groups excluding carboxylic acids is 1. The van der Waals surface area contributed by atoms with Gasteiger partial charge in [0.2, 0.25) is 0 Å². The molecule has 0 unspecified atom stereocenters. The van der Waals surface area contributed by atoms with E-state index in [-0.39, 0.29) is 34.8 Å². The second-order valence-electron chi connectivity index (χ2n) is 9.18. The third-order valence-electron chi connectivity index (χ3n) is 6.45. The number of aromatic nitrogens is 2. The molecule has 10 nitrogen and oxygen atoms in total. The van der Waals surface area contributed by atoms with Gasteiger partial charge in [0.05, 0.1) is 36.2 Å². The number of hydrogen-bond acceptors (Lipinski definition) is 9. The van der Waals surface area contributed by atoms with Crippen LogP contribution in [0.3, 0.4) is 0 Å². The number of ether oxygens (including phenoxy) is 2. The van der Waals surface area contributed by atoms with E-state index < -0.39 is 10.0 Å². The van der Waals surface area contributed by atoms with Crippen LogP contribution in [0, 0.1) is 0 Å². The largest absolute Gasteiger partial charge is 0.497 e. The molecule has 1 fully saturated rings. The fourth-order valence-corrected chi connectivity index (χ4v) is 5.55. The molecule has 39 heavy (non-hydrogen) atoms. The van der Waals surface area contributed by atoms with Gasteiger partial charge >= 0.3 is 0 Å². The summed E-state index contributed by atoms with van der Waals surface area (Å²) in [7, 11) is -0.985. The summed E-state index contributed by atoms with van der Waals surface area (Å²) in [5, 5.41) is 6.34. The van der Waals surface area contributed by atoms with Gasteiger partial charge in [-0.1, -0.05) is 24.3 Å². The SMILES string of the molecule is COc1cc(Nc2nc3ccccc3nc2NS(=O)(=O)c2cccc(CC(=O)[C@@H]3CCCN3)c2)cc(OC)c1. The van der Waals surface area contributed by atoms with Gasteiger partial charge in [-0.05, 0) is 49.2 Å². The minimum Gasteiger partial charge on any atom is -0.497 e. The van der Waals surface area contributed by atoms with E-state index in [1.807, 2.05) is 6.07 Å². The van der Waals surface area contributed by atoms with Crippen LogP contribution in [0.5, 0.6) is 11.5 Å². The number of fused-ring (bicyclic) bond motifs is 1. The lowest BCUT2D eigenvalue weighted by Gasteiger charge is -2.15. The van der Waals surface area contributed by atoms with Crippen molar-refractivity contribution in [2.45, 2.75) is 30.2 Å². The molecule has 0 amide bonds. The molecule has 0 spiro atoms. The van der Waals surface area contributed by atoms with E-state index in [1.54, 1.807) is 62.8 Å². The van der Waals surface area contributed by atoms with Crippen molar-refractivity contribution in [3.63, 3.8) is 0 Å². The van der Waals surface area contributed by atoms with Crippen LogP contribution in [0.25, 0.3) is 11.0 Å². The molecule has 0 saturated carbocycles. The number of benzene rings is 3. The molecular formula is C28H29N5O5S. The summed E-state index contributed by atoms with van der Waals surface area (Å²) in [6.07, 6.45) is 1.91. The molecule has 0 radical (unpaired) electrons. The number of nitrogens with one attached hydrogen (secondary N) is 3. The summed E-state index contributed by atoms with van der Waals surface area (Å²) in [5.41, 5.74) is 2.30. The van der Waals surface area contributed by atoms with Gasteiger partial charge < -0.3 is 20.1 Å². The van der Waals surface area contributed by atoms with Gasteiger partial charge in [0.1, 0.15) is 11.5 Å². The van der Waals surface area contributed by atoms with Gasteiger partial charge in [0.15, 0.2) is 17.4 Å². The fraction of sp³-hybridized carbons (Fsp3) is 0.250. The zero-order valence-electron chi connectivity index (χ0n) is 21.6. The van der Waals surface area contributed by atoms with Crippen molar-refractivity contribution < 1.29 is 22.7 Å². The molecule has 1 atom stereocenters. The number of methoxy groups -OCH3 is 2. The van der Waals surface area contributed by atoms with Gasteiger partial charge in [0.25, 0.3) is 10.0 Å². The number of ketones is 1. The Labute approximate surface area is 226 Å². The van der Waals surface area contributed by atoms with Crippen LogP contribution >= 0.6 is 0 Å². The third kappa shape index (κ3) is 6.10. The Balaban J connectivity index is 1.47. The average Bonchev–Trinajstić information content (AvgIpc) is 3.48. The topological polar surface area (TPSA) is 132 Å². The molecule has 2 heterocycles. The highest BCUT2D eigenvalue weighted by Crippen LogP contribution is 2.31. The Hall–Kier alpha value is -4.22. The predicted molar refractivity (Wildman–Crippen MR) is 149 cm³/mol. The highest BCUT2D eigenvalue weighted by atomic mass is 32.2. The number of para-hydroxylation sites is 2. The summed E-state index contributed by atoms with van der Waals surface area (Å²) < 4.78 is 40.3. The van der Waals surface area contributed by atoms with Crippen LogP contribution in [0.15, 0.2) is 71.6 Å². The molecule has 3 N–H and O–H groups in total. The van der Waals surface area contributed by atoms with Crippen molar-refractivity contribution in [2.24, 2.45) is 0 Å². The lowest BCUT2D eigenvalue weighted by molar-refractivity contribution is -0.120. The molecule has 1 aromatic heterocycles. The van der Waals surface area contributed by atoms with Gasteiger partial charge in [-0.2, -0.15) is 0 Å². The van der Waals surface area contributed by atoms with Gasteiger partial charge in [-0.25, -0.2) is 18.4 Å².